The molecule has 1 saturated carbocycles. The zero-order valence-electron chi connectivity index (χ0n) is 17.2. The molecule has 0 radical (unpaired) electrons. The van der Waals surface area contributed by atoms with Gasteiger partial charge in [0.1, 0.15) is 0 Å². The van der Waals surface area contributed by atoms with Gasteiger partial charge in [0.05, 0.1) is 23.1 Å². The molecule has 30 heavy (non-hydrogen) atoms. The van der Waals surface area contributed by atoms with Crippen LogP contribution >= 0.6 is 0 Å². The highest BCUT2D eigenvalue weighted by atomic mass is 16.4. The molecule has 5 rings (SSSR count). The van der Waals surface area contributed by atoms with Crippen molar-refractivity contribution in [1.82, 2.24) is 4.98 Å². The number of carbonyl (C=O) groups excluding carboxylic acids is 2. The van der Waals surface area contributed by atoms with E-state index in [1.54, 1.807) is 12.1 Å². The van der Waals surface area contributed by atoms with Crippen LogP contribution in [0.25, 0.3) is 0 Å². The van der Waals surface area contributed by atoms with Gasteiger partial charge in [-0.15, -0.1) is 0 Å². The minimum atomic E-state index is -1.03. The van der Waals surface area contributed by atoms with Crippen LogP contribution in [-0.4, -0.2) is 27.9 Å². The third-order valence-corrected chi connectivity index (χ3v) is 7.49. The first-order valence-corrected chi connectivity index (χ1v) is 10.8. The summed E-state index contributed by atoms with van der Waals surface area (Å²) in [6.07, 6.45) is 4.29. The number of amides is 2. The number of carbonyl (C=O) groups is 3. The van der Waals surface area contributed by atoms with Gasteiger partial charge in [-0.05, 0) is 73.9 Å². The molecular formula is C24H26N2O4. The zero-order valence-corrected chi connectivity index (χ0v) is 17.2. The molecule has 1 unspecified atom stereocenters. The summed E-state index contributed by atoms with van der Waals surface area (Å²) in [6.45, 7) is 4.21. The van der Waals surface area contributed by atoms with Crippen molar-refractivity contribution in [3.8, 4) is 0 Å². The number of aromatic amines is 1. The normalized spacial score (nSPS) is 30.1. The summed E-state index contributed by atoms with van der Waals surface area (Å²) in [6, 6.07) is 8.06. The molecular weight excluding hydrogens is 380 g/mol. The van der Waals surface area contributed by atoms with Crippen molar-refractivity contribution in [2.75, 3.05) is 4.90 Å². The Kier molecular flexibility index (Phi) is 4.34. The third-order valence-electron chi connectivity index (χ3n) is 7.49. The number of fused-ring (bicyclic) bond motifs is 6. The van der Waals surface area contributed by atoms with Crippen LogP contribution in [-0.2, 0) is 9.59 Å². The number of aromatic nitrogens is 1. The molecule has 1 saturated heterocycles. The number of nitrogens with one attached hydrogen (secondary N) is 1. The topological polar surface area (TPSA) is 90.5 Å². The predicted molar refractivity (Wildman–Crippen MR) is 112 cm³/mol. The fraction of sp³-hybridized carbons (Fsp3) is 0.458. The maximum Gasteiger partial charge on any atom is 0.335 e. The number of anilines is 1. The highest BCUT2D eigenvalue weighted by molar-refractivity contribution is 6.24. The van der Waals surface area contributed by atoms with Crippen molar-refractivity contribution in [3.63, 3.8) is 0 Å². The van der Waals surface area contributed by atoms with Gasteiger partial charge < -0.3 is 10.1 Å². The fourth-order valence-corrected chi connectivity index (χ4v) is 6.08. The van der Waals surface area contributed by atoms with Crippen LogP contribution in [0.4, 0.5) is 5.69 Å². The second kappa shape index (κ2) is 6.83. The second-order valence-electron chi connectivity index (χ2n) is 9.05. The monoisotopic (exact) mass is 406 g/mol. The Balaban J connectivity index is 1.58. The maximum atomic E-state index is 13.6. The number of hydrogen-bond donors (Lipinski definition) is 2. The van der Waals surface area contributed by atoms with E-state index in [9.17, 15) is 14.4 Å². The Bertz CT molecular complexity index is 1040. The molecule has 6 nitrogen and oxygen atoms in total. The first kappa shape index (κ1) is 19.1. The number of nitrogens with zero attached hydrogens (tertiary/aromatic N) is 1. The van der Waals surface area contributed by atoms with Crippen molar-refractivity contribution in [1.29, 1.82) is 0 Å². The van der Waals surface area contributed by atoms with E-state index in [1.165, 1.54) is 17.0 Å². The Morgan fingerprint density at radius 3 is 2.57 bits per heavy atom. The third kappa shape index (κ3) is 2.66. The lowest BCUT2D eigenvalue weighted by Crippen LogP contribution is -2.39. The number of H-pyrrole nitrogens is 1. The molecule has 2 aromatic rings. The van der Waals surface area contributed by atoms with Gasteiger partial charge in [-0.25, -0.2) is 9.69 Å². The van der Waals surface area contributed by atoms with Crippen LogP contribution in [0.3, 0.4) is 0 Å². The molecule has 2 aliphatic carbocycles. The first-order valence-electron chi connectivity index (χ1n) is 10.8. The molecule has 0 spiro atoms. The van der Waals surface area contributed by atoms with E-state index in [0.29, 0.717) is 17.5 Å². The molecule has 2 amide bonds. The van der Waals surface area contributed by atoms with Crippen molar-refractivity contribution >= 4 is 23.5 Å². The van der Waals surface area contributed by atoms with Gasteiger partial charge in [0, 0.05) is 17.3 Å². The number of carboxylic acid groups (broad SMARTS) is 1. The Labute approximate surface area is 175 Å². The lowest BCUT2D eigenvalue weighted by molar-refractivity contribution is -0.123. The zero-order chi connectivity index (χ0) is 21.2. The molecule has 2 fully saturated rings. The van der Waals surface area contributed by atoms with E-state index >= 15 is 0 Å². The van der Waals surface area contributed by atoms with Gasteiger partial charge >= 0.3 is 5.97 Å². The van der Waals surface area contributed by atoms with Gasteiger partial charge in [0.15, 0.2) is 0 Å². The Morgan fingerprint density at radius 1 is 1.17 bits per heavy atom. The number of imide groups is 1. The molecule has 5 atom stereocenters. The van der Waals surface area contributed by atoms with Crippen LogP contribution < -0.4 is 4.90 Å². The molecule has 1 aliphatic heterocycles. The van der Waals surface area contributed by atoms with Gasteiger partial charge in [0.2, 0.25) is 11.8 Å². The number of rotatable bonds is 3. The fourth-order valence-electron chi connectivity index (χ4n) is 6.08. The van der Waals surface area contributed by atoms with Crippen molar-refractivity contribution < 1.29 is 19.5 Å². The van der Waals surface area contributed by atoms with Gasteiger partial charge in [-0.2, -0.15) is 0 Å². The minimum absolute atomic E-state index is 0.135. The molecule has 2 N–H and O–H groups in total. The molecule has 6 heteroatoms. The van der Waals surface area contributed by atoms with Crippen LogP contribution in [0.1, 0.15) is 71.8 Å². The standard InChI is InChI=1S/C24H26N2O4/c1-3-13-4-9-16-17(11-13)19-20(18-10-12(2)25-21(16)18)23(28)26(22(19)27)15-7-5-14(6-8-15)24(29)30/h5-8,10,13,16-17,19-20,25H,3-4,9,11H2,1-2H3,(H,29,30)/t13?,16-,17+,19+,20-/m1/s1. The number of aromatic carboxylic acids is 1. The van der Waals surface area contributed by atoms with E-state index in [0.717, 1.165) is 42.6 Å². The SMILES string of the molecule is CCC1CC[C@H]2c3[nH]c(C)cc3[C@H]3C(=O)N(c4ccc(C(=O)O)cc4)C(=O)[C@H]3[C@H]2C1. The van der Waals surface area contributed by atoms with E-state index < -0.39 is 11.9 Å². The summed E-state index contributed by atoms with van der Waals surface area (Å²) in [7, 11) is 0. The van der Waals surface area contributed by atoms with Crippen molar-refractivity contribution in [2.24, 2.45) is 17.8 Å². The average molecular weight is 406 g/mol. The summed E-state index contributed by atoms with van der Waals surface area (Å²) in [5.41, 5.74) is 3.75. The molecule has 2 heterocycles. The average Bonchev–Trinajstić information content (AvgIpc) is 3.25. The molecule has 3 aliphatic rings. The van der Waals surface area contributed by atoms with Gasteiger partial charge in [-0.3, -0.25) is 9.59 Å². The maximum absolute atomic E-state index is 13.6. The molecule has 1 aromatic carbocycles. The number of aryl methyl sites for hydroxylation is 1. The summed E-state index contributed by atoms with van der Waals surface area (Å²) >= 11 is 0. The van der Waals surface area contributed by atoms with Gasteiger partial charge in [-0.1, -0.05) is 13.3 Å². The van der Waals surface area contributed by atoms with Crippen LogP contribution in [0.15, 0.2) is 30.3 Å². The highest BCUT2D eigenvalue weighted by Gasteiger charge is 2.58. The van der Waals surface area contributed by atoms with Gasteiger partial charge in [0.25, 0.3) is 0 Å². The minimum Gasteiger partial charge on any atom is -0.478 e. The first-order chi connectivity index (χ1) is 14.4. The highest BCUT2D eigenvalue weighted by Crippen LogP contribution is 2.57. The number of hydrogen-bond acceptors (Lipinski definition) is 3. The van der Waals surface area contributed by atoms with Crippen molar-refractivity contribution in [3.05, 3.63) is 52.8 Å². The quantitative estimate of drug-likeness (QED) is 0.747. The smallest absolute Gasteiger partial charge is 0.335 e. The Hall–Kier alpha value is -2.89. The molecule has 0 bridgehead atoms. The van der Waals surface area contributed by atoms with Crippen LogP contribution in [0.2, 0.25) is 0 Å². The Morgan fingerprint density at radius 2 is 1.90 bits per heavy atom. The lowest BCUT2D eigenvalue weighted by atomic mass is 9.59. The number of carboxylic acids is 1. The largest absolute Gasteiger partial charge is 0.478 e. The summed E-state index contributed by atoms with van der Waals surface area (Å²) < 4.78 is 0. The molecule has 156 valence electrons. The van der Waals surface area contributed by atoms with Crippen molar-refractivity contribution in [2.45, 2.75) is 51.4 Å². The summed E-state index contributed by atoms with van der Waals surface area (Å²) in [5.74, 6) is -1.08. The van der Waals surface area contributed by atoms with E-state index in [2.05, 4.69) is 11.9 Å². The second-order valence-corrected chi connectivity index (χ2v) is 9.05. The molecule has 1 aromatic heterocycles. The van der Waals surface area contributed by atoms with E-state index in [-0.39, 0.29) is 29.2 Å². The summed E-state index contributed by atoms with van der Waals surface area (Å²) in [4.78, 5) is 43.1. The predicted octanol–water partition coefficient (Wildman–Crippen LogP) is 4.22. The number of benzene rings is 1. The lowest BCUT2D eigenvalue weighted by Gasteiger charge is -2.43. The van der Waals surface area contributed by atoms with E-state index in [1.807, 2.05) is 13.0 Å². The van der Waals surface area contributed by atoms with Crippen LogP contribution in [0.5, 0.6) is 0 Å². The summed E-state index contributed by atoms with van der Waals surface area (Å²) in [5, 5.41) is 9.15. The van der Waals surface area contributed by atoms with Crippen LogP contribution in [0, 0.1) is 24.7 Å². The van der Waals surface area contributed by atoms with E-state index in [4.69, 9.17) is 5.11 Å².